The van der Waals surface area contributed by atoms with Gasteiger partial charge in [0.2, 0.25) is 0 Å². The van der Waals surface area contributed by atoms with E-state index < -0.39 is 23.4 Å². The lowest BCUT2D eigenvalue weighted by atomic mass is 10.2. The maximum Gasteiger partial charge on any atom is 0.331 e. The molecule has 10 heteroatoms. The third-order valence-electron chi connectivity index (χ3n) is 3.40. The standard InChI is InChI=1S/C18H15ClN2O7/c1-27-16-8-11(2-6-15(16)22)3-7-18(24)28-10-17(23)20-14-9-12(21(25)26)4-5-13(14)19/h2-9,22H,10H2,1H3,(H,20,23). The van der Waals surface area contributed by atoms with Gasteiger partial charge in [0, 0.05) is 18.2 Å². The predicted molar refractivity (Wildman–Crippen MR) is 101 cm³/mol. The molecule has 0 atom stereocenters. The molecule has 0 fully saturated rings. The monoisotopic (exact) mass is 406 g/mol. The van der Waals surface area contributed by atoms with Gasteiger partial charge < -0.3 is 19.9 Å². The first-order valence-corrected chi connectivity index (χ1v) is 8.13. The first-order chi connectivity index (χ1) is 13.3. The number of carbonyl (C=O) groups is 2. The largest absolute Gasteiger partial charge is 0.504 e. The number of carbonyl (C=O) groups excluding carboxylic acids is 2. The van der Waals surface area contributed by atoms with Gasteiger partial charge in [0.25, 0.3) is 11.6 Å². The zero-order valence-electron chi connectivity index (χ0n) is 14.5. The second kappa shape index (κ2) is 9.38. The van der Waals surface area contributed by atoms with Crippen LogP contribution in [0.1, 0.15) is 5.56 Å². The molecule has 0 unspecified atom stereocenters. The average Bonchev–Trinajstić information content (AvgIpc) is 2.67. The Labute approximate surface area is 164 Å². The Balaban J connectivity index is 1.91. The summed E-state index contributed by atoms with van der Waals surface area (Å²) in [7, 11) is 1.39. The summed E-state index contributed by atoms with van der Waals surface area (Å²) in [5.41, 5.74) is 0.354. The molecule has 0 bridgehead atoms. The van der Waals surface area contributed by atoms with E-state index in [-0.39, 0.29) is 27.9 Å². The maximum absolute atomic E-state index is 11.9. The minimum atomic E-state index is -0.785. The molecule has 2 N–H and O–H groups in total. The van der Waals surface area contributed by atoms with Crippen LogP contribution in [0.15, 0.2) is 42.5 Å². The van der Waals surface area contributed by atoms with E-state index in [1.807, 2.05) is 0 Å². The fraction of sp³-hybridized carbons (Fsp3) is 0.111. The van der Waals surface area contributed by atoms with Gasteiger partial charge in [-0.05, 0) is 29.8 Å². The minimum absolute atomic E-state index is 0.0312. The SMILES string of the molecule is COc1cc(C=CC(=O)OCC(=O)Nc2cc([N+](=O)[O-])ccc2Cl)ccc1O. The average molecular weight is 407 g/mol. The van der Waals surface area contributed by atoms with Crippen LogP contribution in [0.5, 0.6) is 11.5 Å². The Hall–Kier alpha value is -3.59. The zero-order valence-corrected chi connectivity index (χ0v) is 15.3. The Bertz CT molecular complexity index is 944. The molecule has 2 rings (SSSR count). The molecule has 0 aliphatic rings. The Morgan fingerprint density at radius 2 is 2.04 bits per heavy atom. The minimum Gasteiger partial charge on any atom is -0.504 e. The van der Waals surface area contributed by atoms with E-state index in [2.05, 4.69) is 5.32 Å². The van der Waals surface area contributed by atoms with E-state index in [1.54, 1.807) is 6.07 Å². The van der Waals surface area contributed by atoms with E-state index in [1.165, 1.54) is 37.5 Å². The van der Waals surface area contributed by atoms with Crippen LogP contribution >= 0.6 is 11.6 Å². The van der Waals surface area contributed by atoms with Crippen molar-refractivity contribution in [2.24, 2.45) is 0 Å². The molecule has 9 nitrogen and oxygen atoms in total. The van der Waals surface area contributed by atoms with Crippen molar-refractivity contribution in [1.29, 1.82) is 0 Å². The number of benzene rings is 2. The molecule has 28 heavy (non-hydrogen) atoms. The fourth-order valence-electron chi connectivity index (χ4n) is 2.06. The number of non-ortho nitro benzene ring substituents is 1. The Kier molecular flexibility index (Phi) is 6.94. The van der Waals surface area contributed by atoms with E-state index >= 15 is 0 Å². The van der Waals surface area contributed by atoms with Gasteiger partial charge in [0.05, 0.1) is 22.7 Å². The number of ether oxygens (including phenoxy) is 2. The Morgan fingerprint density at radius 3 is 2.71 bits per heavy atom. The van der Waals surface area contributed by atoms with Crippen LogP contribution in [0.25, 0.3) is 6.08 Å². The van der Waals surface area contributed by atoms with Crippen molar-refractivity contribution < 1.29 is 29.1 Å². The highest BCUT2D eigenvalue weighted by Crippen LogP contribution is 2.27. The summed E-state index contributed by atoms with van der Waals surface area (Å²) in [6.45, 7) is -0.610. The van der Waals surface area contributed by atoms with Gasteiger partial charge >= 0.3 is 5.97 Å². The van der Waals surface area contributed by atoms with E-state index in [4.69, 9.17) is 21.1 Å². The molecule has 0 radical (unpaired) electrons. The molecule has 0 aliphatic heterocycles. The number of nitro benzene ring substituents is 1. The molecule has 2 aromatic rings. The number of nitrogens with zero attached hydrogens (tertiary/aromatic N) is 1. The van der Waals surface area contributed by atoms with Crippen LogP contribution in [0.4, 0.5) is 11.4 Å². The molecule has 0 spiro atoms. The highest BCUT2D eigenvalue weighted by molar-refractivity contribution is 6.33. The van der Waals surface area contributed by atoms with Gasteiger partial charge in [0.15, 0.2) is 18.1 Å². The summed E-state index contributed by atoms with van der Waals surface area (Å²) < 4.78 is 9.76. The summed E-state index contributed by atoms with van der Waals surface area (Å²) in [6.07, 6.45) is 2.51. The van der Waals surface area contributed by atoms with Gasteiger partial charge in [-0.15, -0.1) is 0 Å². The first-order valence-electron chi connectivity index (χ1n) is 7.76. The zero-order chi connectivity index (χ0) is 20.7. The summed E-state index contributed by atoms with van der Waals surface area (Å²) in [4.78, 5) is 33.7. The van der Waals surface area contributed by atoms with E-state index in [0.717, 1.165) is 12.1 Å². The van der Waals surface area contributed by atoms with Gasteiger partial charge in [-0.1, -0.05) is 17.7 Å². The first kappa shape index (κ1) is 20.7. The number of nitrogens with one attached hydrogen (secondary N) is 1. The van der Waals surface area contributed by atoms with Gasteiger partial charge in [-0.3, -0.25) is 14.9 Å². The third-order valence-corrected chi connectivity index (χ3v) is 3.73. The van der Waals surface area contributed by atoms with Crippen LogP contribution < -0.4 is 10.1 Å². The van der Waals surface area contributed by atoms with Gasteiger partial charge in [0.1, 0.15) is 0 Å². The van der Waals surface area contributed by atoms with Crippen molar-refractivity contribution in [2.45, 2.75) is 0 Å². The molecule has 0 heterocycles. The van der Waals surface area contributed by atoms with Crippen molar-refractivity contribution in [3.8, 4) is 11.5 Å². The molecular formula is C18H15ClN2O7. The number of esters is 1. The van der Waals surface area contributed by atoms with Crippen LogP contribution in [-0.2, 0) is 14.3 Å². The van der Waals surface area contributed by atoms with Crippen molar-refractivity contribution in [1.82, 2.24) is 0 Å². The number of anilines is 1. The normalized spacial score (nSPS) is 10.5. The number of aromatic hydroxyl groups is 1. The van der Waals surface area contributed by atoms with Crippen LogP contribution in [0.2, 0.25) is 5.02 Å². The molecule has 146 valence electrons. The molecule has 1 amide bonds. The molecule has 0 saturated heterocycles. The lowest BCUT2D eigenvalue weighted by Gasteiger charge is -2.07. The number of hydrogen-bond acceptors (Lipinski definition) is 7. The number of halogens is 1. The van der Waals surface area contributed by atoms with Crippen molar-refractivity contribution in [3.63, 3.8) is 0 Å². The highest BCUT2D eigenvalue weighted by atomic mass is 35.5. The van der Waals surface area contributed by atoms with Gasteiger partial charge in [-0.2, -0.15) is 0 Å². The summed E-state index contributed by atoms with van der Waals surface area (Å²) in [5, 5.41) is 22.7. The van der Waals surface area contributed by atoms with E-state index in [9.17, 15) is 24.8 Å². The molecule has 0 saturated carbocycles. The third kappa shape index (κ3) is 5.71. The number of hydrogen-bond donors (Lipinski definition) is 2. The quantitative estimate of drug-likeness (QED) is 0.313. The predicted octanol–water partition coefficient (Wildman–Crippen LogP) is 3.16. The second-order valence-electron chi connectivity index (χ2n) is 5.34. The Morgan fingerprint density at radius 1 is 1.29 bits per heavy atom. The number of phenolic OH excluding ortho intramolecular Hbond substituents is 1. The van der Waals surface area contributed by atoms with Crippen molar-refractivity contribution >= 4 is 40.9 Å². The molecule has 2 aromatic carbocycles. The topological polar surface area (TPSA) is 128 Å². The lowest BCUT2D eigenvalue weighted by molar-refractivity contribution is -0.384. The number of phenols is 1. The number of nitro groups is 1. The highest BCUT2D eigenvalue weighted by Gasteiger charge is 2.13. The second-order valence-corrected chi connectivity index (χ2v) is 5.75. The van der Waals surface area contributed by atoms with Crippen molar-refractivity contribution in [2.75, 3.05) is 19.0 Å². The maximum atomic E-state index is 11.9. The lowest BCUT2D eigenvalue weighted by Crippen LogP contribution is -2.20. The molecule has 0 aliphatic carbocycles. The van der Waals surface area contributed by atoms with Crippen LogP contribution in [0, 0.1) is 10.1 Å². The van der Waals surface area contributed by atoms with E-state index in [0.29, 0.717) is 5.56 Å². The number of rotatable bonds is 7. The summed E-state index contributed by atoms with van der Waals surface area (Å²) in [6, 6.07) is 8.03. The van der Waals surface area contributed by atoms with Crippen LogP contribution in [0.3, 0.4) is 0 Å². The number of methoxy groups -OCH3 is 1. The number of amides is 1. The molecular weight excluding hydrogens is 392 g/mol. The summed E-state index contributed by atoms with van der Waals surface area (Å²) >= 11 is 5.88. The summed E-state index contributed by atoms with van der Waals surface area (Å²) in [5.74, 6) is -1.30. The van der Waals surface area contributed by atoms with Crippen molar-refractivity contribution in [3.05, 3.63) is 63.2 Å². The molecule has 0 aromatic heterocycles. The fourth-order valence-corrected chi connectivity index (χ4v) is 2.22. The van der Waals surface area contributed by atoms with Crippen LogP contribution in [-0.4, -0.2) is 35.6 Å². The van der Waals surface area contributed by atoms with Gasteiger partial charge in [-0.25, -0.2) is 4.79 Å². The smallest absolute Gasteiger partial charge is 0.331 e.